The topological polar surface area (TPSA) is 59.4 Å². The summed E-state index contributed by atoms with van der Waals surface area (Å²) in [5, 5.41) is 12.6. The molecular formula is C14H17ClN4O. The second-order valence-corrected chi connectivity index (χ2v) is 5.28. The molecule has 1 N–H and O–H groups in total. The molecule has 1 saturated heterocycles. The van der Waals surface area contributed by atoms with E-state index in [0.29, 0.717) is 16.3 Å². The molecule has 0 bridgehead atoms. The Morgan fingerprint density at radius 1 is 1.40 bits per heavy atom. The molecule has 0 saturated carbocycles. The molecule has 5 nitrogen and oxygen atoms in total. The minimum Gasteiger partial charge on any atom is -0.375 e. The standard InChI is InChI=1S/C14H17ClN4O/c1-18-4-6-19(7-5-18)14(20)10-17-13-8-12(15)3-2-11(13)9-16/h2-3,8,17H,4-7,10H2,1H3. The van der Waals surface area contributed by atoms with Gasteiger partial charge in [0, 0.05) is 31.2 Å². The number of nitriles is 1. The smallest absolute Gasteiger partial charge is 0.241 e. The molecule has 20 heavy (non-hydrogen) atoms. The molecule has 1 heterocycles. The normalized spacial score (nSPS) is 15.8. The van der Waals surface area contributed by atoms with Crippen LogP contribution in [0.3, 0.4) is 0 Å². The molecule has 0 aromatic heterocycles. The summed E-state index contributed by atoms with van der Waals surface area (Å²) in [6.45, 7) is 3.47. The Bertz CT molecular complexity index is 532. The summed E-state index contributed by atoms with van der Waals surface area (Å²) in [4.78, 5) is 16.1. The average molecular weight is 293 g/mol. The zero-order valence-electron chi connectivity index (χ0n) is 11.4. The first-order chi connectivity index (χ1) is 9.60. The molecule has 106 valence electrons. The van der Waals surface area contributed by atoms with Crippen LogP contribution in [0.5, 0.6) is 0 Å². The van der Waals surface area contributed by atoms with Crippen molar-refractivity contribution in [1.29, 1.82) is 5.26 Å². The van der Waals surface area contributed by atoms with Gasteiger partial charge in [-0.05, 0) is 25.2 Å². The molecule has 6 heteroatoms. The van der Waals surface area contributed by atoms with Crippen molar-refractivity contribution in [3.05, 3.63) is 28.8 Å². The fourth-order valence-corrected chi connectivity index (χ4v) is 2.27. The van der Waals surface area contributed by atoms with Crippen LogP contribution in [0.15, 0.2) is 18.2 Å². The van der Waals surface area contributed by atoms with Gasteiger partial charge in [-0.2, -0.15) is 5.26 Å². The summed E-state index contributed by atoms with van der Waals surface area (Å²) in [6, 6.07) is 7.05. The Balaban J connectivity index is 1.93. The van der Waals surface area contributed by atoms with E-state index in [1.165, 1.54) is 0 Å². The van der Waals surface area contributed by atoms with Crippen LogP contribution < -0.4 is 5.32 Å². The second kappa shape index (κ2) is 6.60. The van der Waals surface area contributed by atoms with Gasteiger partial charge in [-0.25, -0.2) is 0 Å². The van der Waals surface area contributed by atoms with E-state index in [4.69, 9.17) is 16.9 Å². The van der Waals surface area contributed by atoms with E-state index in [1.54, 1.807) is 18.2 Å². The first-order valence-corrected chi connectivity index (χ1v) is 6.88. The number of nitrogens with zero attached hydrogens (tertiary/aromatic N) is 3. The van der Waals surface area contributed by atoms with Gasteiger partial charge in [-0.1, -0.05) is 11.6 Å². The molecule has 1 aliphatic heterocycles. The van der Waals surface area contributed by atoms with E-state index >= 15 is 0 Å². The number of piperazine rings is 1. The Labute approximate surface area is 123 Å². The molecule has 0 spiro atoms. The van der Waals surface area contributed by atoms with Gasteiger partial charge in [0.05, 0.1) is 17.8 Å². The first kappa shape index (κ1) is 14.6. The van der Waals surface area contributed by atoms with Crippen molar-refractivity contribution >= 4 is 23.2 Å². The number of amides is 1. The number of halogens is 1. The van der Waals surface area contributed by atoms with Crippen molar-refractivity contribution in [3.63, 3.8) is 0 Å². The highest BCUT2D eigenvalue weighted by Gasteiger charge is 2.18. The summed E-state index contributed by atoms with van der Waals surface area (Å²) >= 11 is 5.90. The van der Waals surface area contributed by atoms with Crippen molar-refractivity contribution < 1.29 is 4.79 Å². The van der Waals surface area contributed by atoms with E-state index in [-0.39, 0.29) is 12.5 Å². The van der Waals surface area contributed by atoms with Crippen LogP contribution in [0, 0.1) is 11.3 Å². The zero-order chi connectivity index (χ0) is 14.5. The summed E-state index contributed by atoms with van der Waals surface area (Å²) < 4.78 is 0. The largest absolute Gasteiger partial charge is 0.375 e. The summed E-state index contributed by atoms with van der Waals surface area (Å²) in [5.74, 6) is 0.0435. The van der Waals surface area contributed by atoms with Crippen LogP contribution in [0.1, 0.15) is 5.56 Å². The lowest BCUT2D eigenvalue weighted by Crippen LogP contribution is -2.48. The van der Waals surface area contributed by atoms with E-state index in [0.717, 1.165) is 26.2 Å². The highest BCUT2D eigenvalue weighted by molar-refractivity contribution is 6.30. The van der Waals surface area contributed by atoms with Crippen LogP contribution in [-0.4, -0.2) is 55.5 Å². The number of carbonyl (C=O) groups is 1. The number of likely N-dealkylation sites (N-methyl/N-ethyl adjacent to an activating group) is 1. The first-order valence-electron chi connectivity index (χ1n) is 6.50. The monoisotopic (exact) mass is 292 g/mol. The van der Waals surface area contributed by atoms with Crippen LogP contribution in [0.4, 0.5) is 5.69 Å². The maximum Gasteiger partial charge on any atom is 0.241 e. The average Bonchev–Trinajstić information content (AvgIpc) is 2.45. The Morgan fingerprint density at radius 2 is 2.10 bits per heavy atom. The molecule has 2 rings (SSSR count). The molecule has 1 fully saturated rings. The third-order valence-electron chi connectivity index (χ3n) is 3.39. The molecular weight excluding hydrogens is 276 g/mol. The highest BCUT2D eigenvalue weighted by Crippen LogP contribution is 2.20. The van der Waals surface area contributed by atoms with Crippen molar-refractivity contribution in [1.82, 2.24) is 9.80 Å². The number of nitrogens with one attached hydrogen (secondary N) is 1. The fourth-order valence-electron chi connectivity index (χ4n) is 2.10. The lowest BCUT2D eigenvalue weighted by Gasteiger charge is -2.32. The predicted molar refractivity (Wildman–Crippen MR) is 78.7 cm³/mol. The maximum atomic E-state index is 12.1. The Hall–Kier alpha value is -1.77. The minimum atomic E-state index is 0.0435. The Morgan fingerprint density at radius 3 is 2.75 bits per heavy atom. The molecule has 0 radical (unpaired) electrons. The van der Waals surface area contributed by atoms with Crippen LogP contribution >= 0.6 is 11.6 Å². The molecule has 1 aromatic rings. The molecule has 1 amide bonds. The van der Waals surface area contributed by atoms with Gasteiger partial charge < -0.3 is 15.1 Å². The van der Waals surface area contributed by atoms with E-state index in [2.05, 4.69) is 16.3 Å². The van der Waals surface area contributed by atoms with Crippen LogP contribution in [0.2, 0.25) is 5.02 Å². The lowest BCUT2D eigenvalue weighted by molar-refractivity contribution is -0.130. The molecule has 1 aromatic carbocycles. The van der Waals surface area contributed by atoms with Crippen LogP contribution in [0.25, 0.3) is 0 Å². The van der Waals surface area contributed by atoms with Gasteiger partial charge in [0.2, 0.25) is 5.91 Å². The molecule has 0 aliphatic carbocycles. The quantitative estimate of drug-likeness (QED) is 0.915. The van der Waals surface area contributed by atoms with E-state index in [1.807, 2.05) is 11.9 Å². The fraction of sp³-hybridized carbons (Fsp3) is 0.429. The van der Waals surface area contributed by atoms with Gasteiger partial charge in [-0.15, -0.1) is 0 Å². The maximum absolute atomic E-state index is 12.1. The van der Waals surface area contributed by atoms with Gasteiger partial charge in [0.15, 0.2) is 0 Å². The van der Waals surface area contributed by atoms with Gasteiger partial charge >= 0.3 is 0 Å². The number of hydrogen-bond donors (Lipinski definition) is 1. The number of benzene rings is 1. The number of anilines is 1. The summed E-state index contributed by atoms with van der Waals surface area (Å²) in [7, 11) is 2.05. The van der Waals surface area contributed by atoms with Crippen molar-refractivity contribution in [2.24, 2.45) is 0 Å². The van der Waals surface area contributed by atoms with Gasteiger partial charge in [0.1, 0.15) is 6.07 Å². The minimum absolute atomic E-state index is 0.0435. The summed E-state index contributed by atoms with van der Waals surface area (Å²) in [5.41, 5.74) is 1.09. The highest BCUT2D eigenvalue weighted by atomic mass is 35.5. The number of rotatable bonds is 3. The molecule has 1 aliphatic rings. The van der Waals surface area contributed by atoms with Crippen molar-refractivity contribution in [2.75, 3.05) is 45.1 Å². The van der Waals surface area contributed by atoms with Crippen LogP contribution in [-0.2, 0) is 4.79 Å². The SMILES string of the molecule is CN1CCN(C(=O)CNc2cc(Cl)ccc2C#N)CC1. The Kier molecular flexibility index (Phi) is 4.83. The third-order valence-corrected chi connectivity index (χ3v) is 3.62. The number of hydrogen-bond acceptors (Lipinski definition) is 4. The lowest BCUT2D eigenvalue weighted by atomic mass is 10.2. The number of carbonyl (C=O) groups excluding carboxylic acids is 1. The van der Waals surface area contributed by atoms with Gasteiger partial charge in [0.25, 0.3) is 0 Å². The van der Waals surface area contributed by atoms with Gasteiger partial charge in [-0.3, -0.25) is 4.79 Å². The van der Waals surface area contributed by atoms with E-state index in [9.17, 15) is 4.79 Å². The van der Waals surface area contributed by atoms with Crippen molar-refractivity contribution in [2.45, 2.75) is 0 Å². The third kappa shape index (κ3) is 3.62. The second-order valence-electron chi connectivity index (χ2n) is 4.84. The van der Waals surface area contributed by atoms with E-state index < -0.39 is 0 Å². The predicted octanol–water partition coefficient (Wildman–Crippen LogP) is 1.40. The summed E-state index contributed by atoms with van der Waals surface area (Å²) in [6.07, 6.45) is 0. The molecule has 0 atom stereocenters. The zero-order valence-corrected chi connectivity index (χ0v) is 12.2. The van der Waals surface area contributed by atoms with Crippen molar-refractivity contribution in [3.8, 4) is 6.07 Å². The molecule has 0 unspecified atom stereocenters.